The van der Waals surface area contributed by atoms with Crippen LogP contribution < -0.4 is 10.6 Å². The second-order valence-electron chi connectivity index (χ2n) is 8.73. The Morgan fingerprint density at radius 1 is 1.12 bits per heavy atom. The summed E-state index contributed by atoms with van der Waals surface area (Å²) in [7, 11) is 0. The van der Waals surface area contributed by atoms with Crippen LogP contribution in [0, 0.1) is 0 Å². The molecule has 10 heteroatoms. The van der Waals surface area contributed by atoms with E-state index in [1.54, 1.807) is 39.8 Å². The second-order valence-corrected chi connectivity index (χ2v) is 8.73. The number of alkyl carbamates (subject to hydrolysis) is 1. The summed E-state index contributed by atoms with van der Waals surface area (Å²) in [6.07, 6.45) is 0.720. The maximum atomic E-state index is 13.1. The molecule has 33 heavy (non-hydrogen) atoms. The lowest BCUT2D eigenvalue weighted by molar-refractivity contribution is -0.144. The fourth-order valence-corrected chi connectivity index (χ4v) is 3.18. The summed E-state index contributed by atoms with van der Waals surface area (Å²) in [5, 5.41) is 14.8. The van der Waals surface area contributed by atoms with Crippen molar-refractivity contribution in [1.82, 2.24) is 15.5 Å². The van der Waals surface area contributed by atoms with Gasteiger partial charge < -0.3 is 30.1 Å². The lowest BCUT2D eigenvalue weighted by atomic mass is 10.0. The summed E-state index contributed by atoms with van der Waals surface area (Å²) < 4.78 is 10.0. The number of hydrogen-bond donors (Lipinski definition) is 3. The first-order valence-corrected chi connectivity index (χ1v) is 11.0. The van der Waals surface area contributed by atoms with Crippen LogP contribution in [-0.4, -0.2) is 65.2 Å². The minimum Gasteiger partial charge on any atom is -0.508 e. The largest absolute Gasteiger partial charge is 0.508 e. The Balaban J connectivity index is 2.16. The zero-order valence-electron chi connectivity index (χ0n) is 19.6. The molecule has 1 fully saturated rings. The highest BCUT2D eigenvalue weighted by Crippen LogP contribution is 2.35. The number of benzene rings is 1. The van der Waals surface area contributed by atoms with E-state index in [4.69, 9.17) is 9.47 Å². The number of esters is 1. The number of ether oxygens (including phenoxy) is 2. The smallest absolute Gasteiger partial charge is 0.408 e. The molecule has 1 atom stereocenters. The van der Waals surface area contributed by atoms with Gasteiger partial charge in [0, 0.05) is 12.6 Å². The molecular formula is C23H33N3O7. The van der Waals surface area contributed by atoms with Gasteiger partial charge in [-0.3, -0.25) is 14.4 Å². The van der Waals surface area contributed by atoms with Crippen molar-refractivity contribution in [2.24, 2.45) is 0 Å². The molecule has 0 saturated heterocycles. The zero-order valence-corrected chi connectivity index (χ0v) is 19.6. The molecule has 0 radical (unpaired) electrons. The number of rotatable bonds is 10. The molecule has 0 bridgehead atoms. The second kappa shape index (κ2) is 11.5. The number of aromatic hydroxyl groups is 1. The van der Waals surface area contributed by atoms with Crippen molar-refractivity contribution in [2.75, 3.05) is 19.7 Å². The van der Waals surface area contributed by atoms with E-state index in [0.29, 0.717) is 5.56 Å². The van der Waals surface area contributed by atoms with Crippen molar-refractivity contribution < 1.29 is 33.8 Å². The number of phenolic OH excluding ortho intramolecular Hbond substituents is 1. The molecule has 1 saturated carbocycles. The molecule has 0 aromatic heterocycles. The molecule has 0 aliphatic heterocycles. The van der Waals surface area contributed by atoms with Crippen LogP contribution in [0.3, 0.4) is 0 Å². The zero-order chi connectivity index (χ0) is 24.6. The number of carbonyl (C=O) groups is 4. The standard InChI is InChI=1S/C23H33N3O7/c1-5-32-19(29)12-13-24-21(30)20(15-6-10-17(27)11-7-15)26(16-8-9-16)18(28)14-25-22(31)33-23(2,3)4/h6-7,10-11,16,20,27H,5,8-9,12-14H2,1-4H3,(H,24,30)(H,25,31). The summed E-state index contributed by atoms with van der Waals surface area (Å²) in [6.45, 7) is 6.80. The number of hydrogen-bond acceptors (Lipinski definition) is 7. The third kappa shape index (κ3) is 8.63. The molecule has 3 N–H and O–H groups in total. The van der Waals surface area contributed by atoms with Gasteiger partial charge in [-0.1, -0.05) is 12.1 Å². The van der Waals surface area contributed by atoms with Crippen molar-refractivity contribution in [3.05, 3.63) is 29.8 Å². The van der Waals surface area contributed by atoms with E-state index in [0.717, 1.165) is 12.8 Å². The lowest BCUT2D eigenvalue weighted by Crippen LogP contribution is -2.49. The van der Waals surface area contributed by atoms with Crippen molar-refractivity contribution in [3.63, 3.8) is 0 Å². The Bertz CT molecular complexity index is 845. The fraction of sp³-hybridized carbons (Fsp3) is 0.565. The Labute approximate surface area is 193 Å². The molecule has 1 aliphatic rings. The van der Waals surface area contributed by atoms with Crippen LogP contribution in [0.25, 0.3) is 0 Å². The maximum Gasteiger partial charge on any atom is 0.408 e. The lowest BCUT2D eigenvalue weighted by Gasteiger charge is -2.32. The summed E-state index contributed by atoms with van der Waals surface area (Å²) >= 11 is 0. The summed E-state index contributed by atoms with van der Waals surface area (Å²) in [6, 6.07) is 4.84. The van der Waals surface area contributed by atoms with E-state index in [1.165, 1.54) is 17.0 Å². The van der Waals surface area contributed by atoms with Gasteiger partial charge in [-0.05, 0) is 58.2 Å². The SMILES string of the molecule is CCOC(=O)CCNC(=O)C(c1ccc(O)cc1)N(C(=O)CNC(=O)OC(C)(C)C)C1CC1. The molecule has 2 rings (SSSR count). The van der Waals surface area contributed by atoms with Gasteiger partial charge in [0.2, 0.25) is 11.8 Å². The normalized spacial score (nSPS) is 14.1. The first-order chi connectivity index (χ1) is 15.5. The molecule has 0 spiro atoms. The van der Waals surface area contributed by atoms with Crippen LogP contribution in [0.1, 0.15) is 58.6 Å². The van der Waals surface area contributed by atoms with Crippen molar-refractivity contribution in [2.45, 2.75) is 64.6 Å². The monoisotopic (exact) mass is 463 g/mol. The van der Waals surface area contributed by atoms with E-state index >= 15 is 0 Å². The molecule has 0 heterocycles. The summed E-state index contributed by atoms with van der Waals surface area (Å²) in [4.78, 5) is 51.3. The van der Waals surface area contributed by atoms with Crippen LogP contribution in [0.4, 0.5) is 4.79 Å². The molecule has 1 unspecified atom stereocenters. The number of nitrogens with zero attached hydrogens (tertiary/aromatic N) is 1. The Hall–Kier alpha value is -3.30. The van der Waals surface area contributed by atoms with Crippen LogP contribution in [-0.2, 0) is 23.9 Å². The first kappa shape index (κ1) is 26.0. The average Bonchev–Trinajstić information content (AvgIpc) is 3.55. The topological polar surface area (TPSA) is 134 Å². The highest BCUT2D eigenvalue weighted by Gasteiger charge is 2.41. The summed E-state index contributed by atoms with van der Waals surface area (Å²) in [5.41, 5.74) is -0.213. The first-order valence-electron chi connectivity index (χ1n) is 11.0. The molecule has 1 aromatic carbocycles. The average molecular weight is 464 g/mol. The minimum atomic E-state index is -0.992. The predicted molar refractivity (Wildman–Crippen MR) is 119 cm³/mol. The van der Waals surface area contributed by atoms with E-state index in [2.05, 4.69) is 10.6 Å². The van der Waals surface area contributed by atoms with E-state index in [9.17, 15) is 24.3 Å². The van der Waals surface area contributed by atoms with E-state index < -0.39 is 35.5 Å². The molecular weight excluding hydrogens is 430 g/mol. The van der Waals surface area contributed by atoms with Gasteiger partial charge in [-0.15, -0.1) is 0 Å². The molecule has 1 aromatic rings. The fourth-order valence-electron chi connectivity index (χ4n) is 3.18. The van der Waals surface area contributed by atoms with E-state index in [1.807, 2.05) is 0 Å². The van der Waals surface area contributed by atoms with Crippen molar-refractivity contribution in [3.8, 4) is 5.75 Å². The van der Waals surface area contributed by atoms with Crippen molar-refractivity contribution in [1.29, 1.82) is 0 Å². The highest BCUT2D eigenvalue weighted by molar-refractivity contribution is 5.91. The number of amides is 3. The Kier molecular flexibility index (Phi) is 9.07. The molecule has 1 aliphatic carbocycles. The van der Waals surface area contributed by atoms with Crippen LogP contribution in [0.2, 0.25) is 0 Å². The van der Waals surface area contributed by atoms with Gasteiger partial charge in [-0.2, -0.15) is 0 Å². The number of nitrogens with one attached hydrogen (secondary N) is 2. The van der Waals surface area contributed by atoms with Gasteiger partial charge in [0.15, 0.2) is 0 Å². The quantitative estimate of drug-likeness (QED) is 0.452. The maximum absolute atomic E-state index is 13.1. The number of carbonyl (C=O) groups excluding carboxylic acids is 4. The summed E-state index contributed by atoms with van der Waals surface area (Å²) in [5.74, 6) is -1.32. The Morgan fingerprint density at radius 2 is 1.76 bits per heavy atom. The van der Waals surface area contributed by atoms with Crippen LogP contribution in [0.5, 0.6) is 5.75 Å². The van der Waals surface area contributed by atoms with Crippen molar-refractivity contribution >= 4 is 23.9 Å². The van der Waals surface area contributed by atoms with Crippen LogP contribution in [0.15, 0.2) is 24.3 Å². The van der Waals surface area contributed by atoms with E-state index in [-0.39, 0.29) is 37.9 Å². The third-order valence-electron chi connectivity index (χ3n) is 4.68. The van der Waals surface area contributed by atoms with Gasteiger partial charge in [0.25, 0.3) is 0 Å². The minimum absolute atomic E-state index is 0.000543. The van der Waals surface area contributed by atoms with Gasteiger partial charge in [0.05, 0.1) is 13.0 Å². The van der Waals surface area contributed by atoms with Crippen LogP contribution >= 0.6 is 0 Å². The molecule has 3 amide bonds. The number of phenols is 1. The van der Waals surface area contributed by atoms with Gasteiger partial charge in [-0.25, -0.2) is 4.79 Å². The molecule has 182 valence electrons. The molecule has 10 nitrogen and oxygen atoms in total. The third-order valence-corrected chi connectivity index (χ3v) is 4.68. The Morgan fingerprint density at radius 3 is 2.30 bits per heavy atom. The van der Waals surface area contributed by atoms with Gasteiger partial charge in [0.1, 0.15) is 23.9 Å². The van der Waals surface area contributed by atoms with Gasteiger partial charge >= 0.3 is 12.1 Å². The highest BCUT2D eigenvalue weighted by atomic mass is 16.6. The predicted octanol–water partition coefficient (Wildman–Crippen LogP) is 2.02.